The van der Waals surface area contributed by atoms with E-state index >= 15 is 0 Å². The van der Waals surface area contributed by atoms with Crippen LogP contribution in [0.25, 0.3) is 0 Å². The van der Waals surface area contributed by atoms with E-state index in [4.69, 9.17) is 9.47 Å². The molecule has 3 nitrogen and oxygen atoms in total. The van der Waals surface area contributed by atoms with Crippen molar-refractivity contribution in [1.82, 2.24) is 0 Å². The van der Waals surface area contributed by atoms with Crippen molar-refractivity contribution in [2.24, 2.45) is 0 Å². The predicted octanol–water partition coefficient (Wildman–Crippen LogP) is 1.70. The zero-order valence-corrected chi connectivity index (χ0v) is 8.63. The van der Waals surface area contributed by atoms with Gasteiger partial charge in [0.1, 0.15) is 0 Å². The van der Waals surface area contributed by atoms with Gasteiger partial charge in [0.05, 0.1) is 19.3 Å². The molecular weight excluding hydrogens is 192 g/mol. The molecule has 1 saturated heterocycles. The third-order valence-electron chi connectivity index (χ3n) is 2.49. The molecule has 82 valence electrons. The molecule has 0 aromatic heterocycles. The number of benzene rings is 1. The van der Waals surface area contributed by atoms with Gasteiger partial charge in [-0.3, -0.25) is 0 Å². The van der Waals surface area contributed by atoms with Crippen molar-refractivity contribution in [2.75, 3.05) is 6.61 Å². The smallest absolute Gasteiger partial charge is 0.158 e. The molecule has 0 amide bonds. The zero-order chi connectivity index (χ0) is 10.5. The molecule has 0 saturated carbocycles. The van der Waals surface area contributed by atoms with E-state index in [-0.39, 0.29) is 12.4 Å². The van der Waals surface area contributed by atoms with E-state index in [0.717, 1.165) is 18.4 Å². The molecule has 0 unspecified atom stereocenters. The van der Waals surface area contributed by atoms with Crippen LogP contribution in [0, 0.1) is 0 Å². The van der Waals surface area contributed by atoms with E-state index in [2.05, 4.69) is 0 Å². The second-order valence-electron chi connectivity index (χ2n) is 3.79. The van der Waals surface area contributed by atoms with Crippen molar-refractivity contribution in [3.63, 3.8) is 0 Å². The molecule has 1 aliphatic heterocycles. The van der Waals surface area contributed by atoms with Crippen molar-refractivity contribution < 1.29 is 14.6 Å². The second kappa shape index (κ2) is 5.26. The quantitative estimate of drug-likeness (QED) is 0.821. The molecule has 0 radical (unpaired) electrons. The first-order chi connectivity index (χ1) is 7.34. The SMILES string of the molecule is O[C@H]1CC[C@H](OCc2ccccc2)OC1. The Morgan fingerprint density at radius 1 is 1.27 bits per heavy atom. The summed E-state index contributed by atoms with van der Waals surface area (Å²) in [6.07, 6.45) is 1.06. The largest absolute Gasteiger partial charge is 0.391 e. The Bertz CT molecular complexity index is 278. The Balaban J connectivity index is 1.74. The number of hydrogen-bond donors (Lipinski definition) is 1. The average Bonchev–Trinajstić information content (AvgIpc) is 2.30. The van der Waals surface area contributed by atoms with Gasteiger partial charge in [-0.15, -0.1) is 0 Å². The van der Waals surface area contributed by atoms with Gasteiger partial charge in [-0.05, 0) is 12.0 Å². The maximum absolute atomic E-state index is 9.23. The molecule has 1 N–H and O–H groups in total. The Kier molecular flexibility index (Phi) is 3.72. The van der Waals surface area contributed by atoms with Crippen LogP contribution in [0.5, 0.6) is 0 Å². The Labute approximate surface area is 89.6 Å². The minimum atomic E-state index is -0.318. The fraction of sp³-hybridized carbons (Fsp3) is 0.500. The van der Waals surface area contributed by atoms with Crippen LogP contribution < -0.4 is 0 Å². The highest BCUT2D eigenvalue weighted by Gasteiger charge is 2.19. The van der Waals surface area contributed by atoms with Crippen molar-refractivity contribution in [3.8, 4) is 0 Å². The summed E-state index contributed by atoms with van der Waals surface area (Å²) in [5, 5.41) is 9.23. The van der Waals surface area contributed by atoms with Gasteiger partial charge in [-0.1, -0.05) is 30.3 Å². The highest BCUT2D eigenvalue weighted by atomic mass is 16.7. The van der Waals surface area contributed by atoms with Gasteiger partial charge < -0.3 is 14.6 Å². The molecule has 0 bridgehead atoms. The van der Waals surface area contributed by atoms with Crippen LogP contribution in [0.2, 0.25) is 0 Å². The summed E-state index contributed by atoms with van der Waals surface area (Å²) < 4.78 is 10.9. The van der Waals surface area contributed by atoms with Gasteiger partial charge in [0, 0.05) is 6.42 Å². The second-order valence-corrected chi connectivity index (χ2v) is 3.79. The minimum Gasteiger partial charge on any atom is -0.391 e. The van der Waals surface area contributed by atoms with Gasteiger partial charge in [0.15, 0.2) is 6.29 Å². The number of hydrogen-bond acceptors (Lipinski definition) is 3. The third-order valence-corrected chi connectivity index (χ3v) is 2.49. The van der Waals surface area contributed by atoms with E-state index in [1.807, 2.05) is 30.3 Å². The van der Waals surface area contributed by atoms with Gasteiger partial charge in [0.2, 0.25) is 0 Å². The average molecular weight is 208 g/mol. The monoisotopic (exact) mass is 208 g/mol. The summed E-state index contributed by atoms with van der Waals surface area (Å²) >= 11 is 0. The summed E-state index contributed by atoms with van der Waals surface area (Å²) in [5.74, 6) is 0. The van der Waals surface area contributed by atoms with E-state index in [1.54, 1.807) is 0 Å². The molecular formula is C12H16O3. The lowest BCUT2D eigenvalue weighted by Gasteiger charge is -2.26. The van der Waals surface area contributed by atoms with Crippen LogP contribution in [0.3, 0.4) is 0 Å². The van der Waals surface area contributed by atoms with Crippen molar-refractivity contribution in [2.45, 2.75) is 31.8 Å². The van der Waals surface area contributed by atoms with Gasteiger partial charge in [0.25, 0.3) is 0 Å². The Morgan fingerprint density at radius 3 is 2.73 bits per heavy atom. The molecule has 3 heteroatoms. The first-order valence-corrected chi connectivity index (χ1v) is 5.30. The topological polar surface area (TPSA) is 38.7 Å². The van der Waals surface area contributed by atoms with Crippen molar-refractivity contribution in [1.29, 1.82) is 0 Å². The molecule has 2 rings (SSSR count). The Morgan fingerprint density at radius 2 is 2.07 bits per heavy atom. The van der Waals surface area contributed by atoms with E-state index in [9.17, 15) is 5.11 Å². The Hall–Kier alpha value is -0.900. The van der Waals surface area contributed by atoms with Gasteiger partial charge in [-0.2, -0.15) is 0 Å². The molecule has 15 heavy (non-hydrogen) atoms. The number of aliphatic hydroxyl groups is 1. The van der Waals surface area contributed by atoms with Crippen LogP contribution in [0.15, 0.2) is 30.3 Å². The van der Waals surface area contributed by atoms with Crippen LogP contribution in [0.4, 0.5) is 0 Å². The van der Waals surface area contributed by atoms with Crippen LogP contribution >= 0.6 is 0 Å². The zero-order valence-electron chi connectivity index (χ0n) is 8.63. The van der Waals surface area contributed by atoms with Crippen molar-refractivity contribution in [3.05, 3.63) is 35.9 Å². The molecule has 0 spiro atoms. The summed E-state index contributed by atoms with van der Waals surface area (Å²) in [7, 11) is 0. The maximum atomic E-state index is 9.23. The fourth-order valence-corrected chi connectivity index (χ4v) is 1.61. The lowest BCUT2D eigenvalue weighted by Crippen LogP contribution is -2.30. The normalized spacial score (nSPS) is 26.5. The van der Waals surface area contributed by atoms with Crippen molar-refractivity contribution >= 4 is 0 Å². The van der Waals surface area contributed by atoms with Crippen LogP contribution in [0.1, 0.15) is 18.4 Å². The van der Waals surface area contributed by atoms with Crippen LogP contribution in [-0.4, -0.2) is 24.1 Å². The molecule has 1 fully saturated rings. The lowest BCUT2D eigenvalue weighted by atomic mass is 10.1. The number of rotatable bonds is 3. The summed E-state index contributed by atoms with van der Waals surface area (Å²) in [6, 6.07) is 10.0. The highest BCUT2D eigenvalue weighted by molar-refractivity contribution is 5.13. The van der Waals surface area contributed by atoms with Gasteiger partial charge in [-0.25, -0.2) is 0 Å². The fourth-order valence-electron chi connectivity index (χ4n) is 1.61. The summed E-state index contributed by atoms with van der Waals surface area (Å²) in [4.78, 5) is 0. The molecule has 1 aliphatic rings. The van der Waals surface area contributed by atoms with E-state index < -0.39 is 0 Å². The first-order valence-electron chi connectivity index (χ1n) is 5.30. The molecule has 1 aromatic rings. The van der Waals surface area contributed by atoms with Crippen LogP contribution in [-0.2, 0) is 16.1 Å². The van der Waals surface area contributed by atoms with E-state index in [0.29, 0.717) is 13.2 Å². The number of aliphatic hydroxyl groups excluding tert-OH is 1. The van der Waals surface area contributed by atoms with Gasteiger partial charge >= 0.3 is 0 Å². The minimum absolute atomic E-state index is 0.159. The van der Waals surface area contributed by atoms with E-state index in [1.165, 1.54) is 0 Å². The lowest BCUT2D eigenvalue weighted by molar-refractivity contribution is -0.191. The first kappa shape index (κ1) is 10.6. The molecule has 1 heterocycles. The summed E-state index contributed by atoms with van der Waals surface area (Å²) in [6.45, 7) is 0.959. The standard InChI is InChI=1S/C12H16O3/c13-11-6-7-12(15-9-11)14-8-10-4-2-1-3-5-10/h1-5,11-13H,6-9H2/t11-,12+/m0/s1. The third kappa shape index (κ3) is 3.30. The number of ether oxygens (including phenoxy) is 2. The summed E-state index contributed by atoms with van der Waals surface area (Å²) in [5.41, 5.74) is 1.15. The predicted molar refractivity (Wildman–Crippen MR) is 56.2 cm³/mol. The molecule has 1 aromatic carbocycles. The maximum Gasteiger partial charge on any atom is 0.158 e. The molecule has 0 aliphatic carbocycles. The molecule has 2 atom stereocenters. The highest BCUT2D eigenvalue weighted by Crippen LogP contribution is 2.15.